The van der Waals surface area contributed by atoms with E-state index in [1.165, 1.54) is 26.1 Å². The van der Waals surface area contributed by atoms with E-state index < -0.39 is 5.97 Å². The van der Waals surface area contributed by atoms with Crippen LogP contribution in [0.15, 0.2) is 12.3 Å². The Hall–Kier alpha value is -1.82. The zero-order valence-electron chi connectivity index (χ0n) is 11.7. The molecule has 0 atom stereocenters. The number of carbonyl (C=O) groups is 1. The molecular weight excluding hydrogens is 258 g/mol. The fourth-order valence-corrected chi connectivity index (χ4v) is 1.80. The first-order valence-electron chi connectivity index (χ1n) is 6.86. The molecule has 1 aliphatic rings. The number of aromatic nitrogens is 1. The van der Waals surface area contributed by atoms with Crippen molar-refractivity contribution in [3.8, 4) is 0 Å². The highest BCUT2D eigenvalue weighted by molar-refractivity contribution is 5.95. The second kappa shape index (κ2) is 7.09. The number of methoxy groups -OCH3 is 1. The molecule has 3 N–H and O–H groups in total. The van der Waals surface area contributed by atoms with Crippen LogP contribution in [0, 0.1) is 5.92 Å². The summed E-state index contributed by atoms with van der Waals surface area (Å²) in [6.45, 7) is 2.27. The number of rotatable bonds is 8. The Morgan fingerprint density at radius 1 is 1.55 bits per heavy atom. The quantitative estimate of drug-likeness (QED) is 0.556. The van der Waals surface area contributed by atoms with Gasteiger partial charge in [0.05, 0.1) is 19.0 Å². The highest BCUT2D eigenvalue weighted by Crippen LogP contribution is 2.28. The molecule has 0 unspecified atom stereocenters. The Kier molecular flexibility index (Phi) is 5.17. The minimum Gasteiger partial charge on any atom is -0.465 e. The third kappa shape index (κ3) is 4.38. The molecule has 0 aliphatic heterocycles. The van der Waals surface area contributed by atoms with Gasteiger partial charge in [0.25, 0.3) is 0 Å². The minimum absolute atomic E-state index is 0.353. The zero-order chi connectivity index (χ0) is 14.4. The zero-order valence-corrected chi connectivity index (χ0v) is 11.7. The Morgan fingerprint density at radius 2 is 2.35 bits per heavy atom. The number of nitrogens with one attached hydrogen (secondary N) is 1. The molecule has 1 fully saturated rings. The van der Waals surface area contributed by atoms with E-state index in [-0.39, 0.29) is 0 Å². The standard InChI is InChI=1S/C14H21N3O3/c1-19-14(18)12-7-11(15)8-17-13(12)16-5-2-6-20-9-10-3-4-10/h7-8,10H,2-6,9,15H2,1H3,(H,16,17). The molecular formula is C14H21N3O3. The van der Waals surface area contributed by atoms with Gasteiger partial charge in [-0.1, -0.05) is 0 Å². The van der Waals surface area contributed by atoms with Gasteiger partial charge in [-0.15, -0.1) is 0 Å². The normalized spacial score (nSPS) is 14.1. The first kappa shape index (κ1) is 14.6. The number of nitrogens with zero attached hydrogens (tertiary/aromatic N) is 1. The minimum atomic E-state index is -0.447. The predicted octanol–water partition coefficient (Wildman–Crippen LogP) is 1.68. The lowest BCUT2D eigenvalue weighted by Gasteiger charge is -2.10. The maximum Gasteiger partial charge on any atom is 0.341 e. The van der Waals surface area contributed by atoms with Crippen LogP contribution in [0.4, 0.5) is 11.5 Å². The summed E-state index contributed by atoms with van der Waals surface area (Å²) in [5, 5.41) is 3.11. The summed E-state index contributed by atoms with van der Waals surface area (Å²) in [4.78, 5) is 15.7. The molecule has 0 spiro atoms. The van der Waals surface area contributed by atoms with E-state index in [1.807, 2.05) is 0 Å². The average molecular weight is 279 g/mol. The third-order valence-corrected chi connectivity index (χ3v) is 3.12. The Morgan fingerprint density at radius 3 is 3.05 bits per heavy atom. The van der Waals surface area contributed by atoms with Crippen molar-refractivity contribution < 1.29 is 14.3 Å². The van der Waals surface area contributed by atoms with Gasteiger partial charge in [-0.2, -0.15) is 0 Å². The lowest BCUT2D eigenvalue weighted by molar-refractivity contribution is 0.0601. The number of ether oxygens (including phenoxy) is 2. The lowest BCUT2D eigenvalue weighted by atomic mass is 10.2. The number of pyridine rings is 1. The van der Waals surface area contributed by atoms with Crippen molar-refractivity contribution in [3.05, 3.63) is 17.8 Å². The number of nitrogen functional groups attached to an aromatic ring is 1. The smallest absolute Gasteiger partial charge is 0.341 e. The van der Waals surface area contributed by atoms with Gasteiger partial charge in [-0.25, -0.2) is 9.78 Å². The van der Waals surface area contributed by atoms with E-state index in [0.29, 0.717) is 30.2 Å². The van der Waals surface area contributed by atoms with Crippen LogP contribution in [0.5, 0.6) is 0 Å². The van der Waals surface area contributed by atoms with Crippen LogP contribution in [0.1, 0.15) is 29.6 Å². The summed E-state index contributed by atoms with van der Waals surface area (Å²) < 4.78 is 10.3. The van der Waals surface area contributed by atoms with E-state index in [4.69, 9.17) is 15.2 Å². The first-order valence-corrected chi connectivity index (χ1v) is 6.86. The van der Waals surface area contributed by atoms with Gasteiger partial charge in [-0.05, 0) is 31.2 Å². The number of hydrogen-bond donors (Lipinski definition) is 2. The Bertz CT molecular complexity index is 461. The Labute approximate surface area is 118 Å². The number of carbonyl (C=O) groups excluding carboxylic acids is 1. The monoisotopic (exact) mass is 279 g/mol. The van der Waals surface area contributed by atoms with Gasteiger partial charge in [-0.3, -0.25) is 0 Å². The second-order valence-corrected chi connectivity index (χ2v) is 4.96. The summed E-state index contributed by atoms with van der Waals surface area (Å²) in [5.41, 5.74) is 6.42. The average Bonchev–Trinajstić information content (AvgIpc) is 3.27. The molecule has 1 aromatic rings. The summed E-state index contributed by atoms with van der Waals surface area (Å²) >= 11 is 0. The number of hydrogen-bond acceptors (Lipinski definition) is 6. The molecule has 0 radical (unpaired) electrons. The number of nitrogens with two attached hydrogens (primary N) is 1. The van der Waals surface area contributed by atoms with Crippen molar-refractivity contribution in [1.29, 1.82) is 0 Å². The topological polar surface area (TPSA) is 86.5 Å². The van der Waals surface area contributed by atoms with E-state index >= 15 is 0 Å². The molecule has 0 aromatic carbocycles. The first-order chi connectivity index (χ1) is 9.70. The molecule has 1 heterocycles. The van der Waals surface area contributed by atoms with Crippen molar-refractivity contribution in [2.24, 2.45) is 5.92 Å². The van der Waals surface area contributed by atoms with Crippen LogP contribution in [0.3, 0.4) is 0 Å². The summed E-state index contributed by atoms with van der Waals surface area (Å²) in [6, 6.07) is 1.56. The van der Waals surface area contributed by atoms with E-state index in [0.717, 1.165) is 18.9 Å². The van der Waals surface area contributed by atoms with E-state index in [1.54, 1.807) is 6.07 Å². The van der Waals surface area contributed by atoms with Crippen LogP contribution in [-0.4, -0.2) is 37.8 Å². The van der Waals surface area contributed by atoms with Crippen LogP contribution in [0.25, 0.3) is 0 Å². The number of esters is 1. The SMILES string of the molecule is COC(=O)c1cc(N)cnc1NCCCOCC1CC1. The van der Waals surface area contributed by atoms with Crippen LogP contribution in [0.2, 0.25) is 0 Å². The maximum absolute atomic E-state index is 11.6. The van der Waals surface area contributed by atoms with Crippen molar-refractivity contribution in [2.45, 2.75) is 19.3 Å². The largest absolute Gasteiger partial charge is 0.465 e. The molecule has 0 amide bonds. The summed E-state index contributed by atoms with van der Waals surface area (Å²) in [5.74, 6) is 0.832. The van der Waals surface area contributed by atoms with Gasteiger partial charge in [0.15, 0.2) is 0 Å². The molecule has 6 nitrogen and oxygen atoms in total. The van der Waals surface area contributed by atoms with Gasteiger partial charge in [0.1, 0.15) is 11.4 Å². The third-order valence-electron chi connectivity index (χ3n) is 3.12. The molecule has 0 bridgehead atoms. The summed E-state index contributed by atoms with van der Waals surface area (Å²) in [7, 11) is 1.33. The van der Waals surface area contributed by atoms with Crippen molar-refractivity contribution in [1.82, 2.24) is 4.98 Å². The van der Waals surface area contributed by atoms with Crippen molar-refractivity contribution >= 4 is 17.5 Å². The molecule has 1 aliphatic carbocycles. The maximum atomic E-state index is 11.6. The van der Waals surface area contributed by atoms with Gasteiger partial charge in [0.2, 0.25) is 0 Å². The molecule has 20 heavy (non-hydrogen) atoms. The van der Waals surface area contributed by atoms with Gasteiger partial charge < -0.3 is 20.5 Å². The fourth-order valence-electron chi connectivity index (χ4n) is 1.80. The molecule has 2 rings (SSSR count). The molecule has 110 valence electrons. The lowest BCUT2D eigenvalue weighted by Crippen LogP contribution is -2.13. The van der Waals surface area contributed by atoms with Crippen LogP contribution < -0.4 is 11.1 Å². The second-order valence-electron chi connectivity index (χ2n) is 4.96. The van der Waals surface area contributed by atoms with Crippen molar-refractivity contribution in [3.63, 3.8) is 0 Å². The highest BCUT2D eigenvalue weighted by Gasteiger charge is 2.20. The van der Waals surface area contributed by atoms with Gasteiger partial charge >= 0.3 is 5.97 Å². The molecule has 1 saturated carbocycles. The van der Waals surface area contributed by atoms with Gasteiger partial charge in [0, 0.05) is 19.8 Å². The van der Waals surface area contributed by atoms with Crippen LogP contribution >= 0.6 is 0 Å². The Balaban J connectivity index is 1.77. The molecule has 6 heteroatoms. The fraction of sp³-hybridized carbons (Fsp3) is 0.571. The molecule has 0 saturated heterocycles. The van der Waals surface area contributed by atoms with Crippen molar-refractivity contribution in [2.75, 3.05) is 37.9 Å². The van der Waals surface area contributed by atoms with E-state index in [2.05, 4.69) is 10.3 Å². The predicted molar refractivity (Wildman–Crippen MR) is 76.6 cm³/mol. The highest BCUT2D eigenvalue weighted by atomic mass is 16.5. The number of anilines is 2. The van der Waals surface area contributed by atoms with Crippen LogP contribution in [-0.2, 0) is 9.47 Å². The molecule has 1 aromatic heterocycles. The van der Waals surface area contributed by atoms with E-state index in [9.17, 15) is 4.79 Å². The summed E-state index contributed by atoms with van der Waals surface area (Å²) in [6.07, 6.45) is 4.98.